The molecule has 27 heavy (non-hydrogen) atoms. The maximum atomic E-state index is 12.7. The predicted molar refractivity (Wildman–Crippen MR) is 96.4 cm³/mol. The Balaban J connectivity index is 2.02. The Morgan fingerprint density at radius 2 is 1.59 bits per heavy atom. The van der Waals surface area contributed by atoms with Gasteiger partial charge in [0.05, 0.1) is 10.5 Å². The lowest BCUT2D eigenvalue weighted by atomic mass is 10.2. The molecule has 148 valence electrons. The van der Waals surface area contributed by atoms with Gasteiger partial charge in [-0.3, -0.25) is 9.59 Å². The Bertz CT molecular complexity index is 812. The molecular weight excluding hydrogens is 374 g/mol. The molecule has 1 aliphatic rings. The molecule has 2 rings (SSSR count). The topological polar surface area (TPSA) is 104 Å². The second-order valence-corrected chi connectivity index (χ2v) is 8.24. The fraction of sp³-hybridized carbons (Fsp3) is 0.471. The summed E-state index contributed by atoms with van der Waals surface area (Å²) in [6.07, 6.45) is 0. The molecule has 0 aliphatic carbocycles. The van der Waals surface area contributed by atoms with Gasteiger partial charge in [0.15, 0.2) is 6.61 Å². The van der Waals surface area contributed by atoms with E-state index in [0.717, 1.165) is 0 Å². The Hall–Kier alpha value is -2.46. The van der Waals surface area contributed by atoms with Crippen molar-refractivity contribution in [2.24, 2.45) is 0 Å². The fourth-order valence-corrected chi connectivity index (χ4v) is 3.92. The predicted octanol–water partition coefficient (Wildman–Crippen LogP) is -0.216. The zero-order valence-electron chi connectivity index (χ0n) is 15.5. The minimum Gasteiger partial charge on any atom is -0.452 e. The molecule has 0 saturated carbocycles. The van der Waals surface area contributed by atoms with E-state index in [1.807, 2.05) is 0 Å². The highest BCUT2D eigenvalue weighted by Crippen LogP contribution is 2.18. The number of rotatable bonds is 5. The second-order valence-electron chi connectivity index (χ2n) is 6.30. The number of piperazine rings is 1. The summed E-state index contributed by atoms with van der Waals surface area (Å²) in [6.45, 7) is 2.20. The smallest absolute Gasteiger partial charge is 0.338 e. The van der Waals surface area contributed by atoms with Crippen LogP contribution in [-0.4, -0.2) is 87.2 Å². The number of carbonyl (C=O) groups excluding carboxylic acids is 3. The average Bonchev–Trinajstić information content (AvgIpc) is 2.65. The summed E-state index contributed by atoms with van der Waals surface area (Å²) in [6, 6.07) is 5.36. The molecule has 2 amide bonds. The van der Waals surface area contributed by atoms with Crippen LogP contribution in [0.25, 0.3) is 0 Å². The summed E-state index contributed by atoms with van der Waals surface area (Å²) in [7, 11) is -0.613. The van der Waals surface area contributed by atoms with Crippen LogP contribution in [0.1, 0.15) is 17.3 Å². The number of likely N-dealkylation sites (N-methyl/N-ethyl adjacent to an activating group) is 1. The van der Waals surface area contributed by atoms with Crippen molar-refractivity contribution in [1.82, 2.24) is 14.1 Å². The van der Waals surface area contributed by atoms with E-state index >= 15 is 0 Å². The van der Waals surface area contributed by atoms with Gasteiger partial charge in [0, 0.05) is 47.2 Å². The van der Waals surface area contributed by atoms with E-state index < -0.39 is 16.0 Å². The van der Waals surface area contributed by atoms with Crippen LogP contribution in [0, 0.1) is 0 Å². The Kier molecular flexibility index (Phi) is 6.55. The van der Waals surface area contributed by atoms with Gasteiger partial charge in [-0.15, -0.1) is 0 Å². The molecule has 0 N–H and O–H groups in total. The normalized spacial score (nSPS) is 15.3. The van der Waals surface area contributed by atoms with Gasteiger partial charge in [0.2, 0.25) is 15.9 Å². The zero-order valence-corrected chi connectivity index (χ0v) is 16.4. The summed E-state index contributed by atoms with van der Waals surface area (Å²) in [4.78, 5) is 37.7. The molecule has 0 spiro atoms. The first-order chi connectivity index (χ1) is 12.6. The van der Waals surface area contributed by atoms with E-state index in [-0.39, 0.29) is 42.0 Å². The molecule has 9 nitrogen and oxygen atoms in total. The number of amides is 2. The van der Waals surface area contributed by atoms with Crippen molar-refractivity contribution in [2.45, 2.75) is 11.8 Å². The van der Waals surface area contributed by atoms with Crippen LogP contribution in [-0.2, 0) is 24.3 Å². The number of benzene rings is 1. The maximum Gasteiger partial charge on any atom is 0.338 e. The number of sulfonamides is 1. The van der Waals surface area contributed by atoms with Crippen LogP contribution < -0.4 is 0 Å². The van der Waals surface area contributed by atoms with Crippen molar-refractivity contribution in [1.29, 1.82) is 0 Å². The molecule has 1 saturated heterocycles. The Labute approximate surface area is 158 Å². The highest BCUT2D eigenvalue weighted by atomic mass is 32.2. The molecule has 1 aromatic carbocycles. The number of carbonyl (C=O) groups is 3. The fourth-order valence-electron chi connectivity index (χ4n) is 2.50. The third kappa shape index (κ3) is 5.04. The van der Waals surface area contributed by atoms with E-state index in [2.05, 4.69) is 0 Å². The minimum atomic E-state index is -3.71. The summed E-state index contributed by atoms with van der Waals surface area (Å²) in [5.41, 5.74) is 0.155. The highest BCUT2D eigenvalue weighted by Gasteiger charge is 2.29. The van der Waals surface area contributed by atoms with Gasteiger partial charge in [-0.05, 0) is 24.3 Å². The van der Waals surface area contributed by atoms with Crippen LogP contribution in [0.5, 0.6) is 0 Å². The van der Waals surface area contributed by atoms with E-state index in [4.69, 9.17) is 4.74 Å². The van der Waals surface area contributed by atoms with Crippen molar-refractivity contribution < 1.29 is 27.5 Å². The monoisotopic (exact) mass is 397 g/mol. The summed E-state index contributed by atoms with van der Waals surface area (Å²) in [5, 5.41) is 0. The largest absolute Gasteiger partial charge is 0.452 e. The van der Waals surface area contributed by atoms with Crippen molar-refractivity contribution in [3.05, 3.63) is 29.8 Å². The molecule has 0 unspecified atom stereocenters. The van der Waals surface area contributed by atoms with E-state index in [1.54, 1.807) is 19.0 Å². The molecule has 10 heteroatoms. The minimum absolute atomic E-state index is 0.0553. The van der Waals surface area contributed by atoms with Crippen LogP contribution in [0.2, 0.25) is 0 Å². The molecule has 0 aromatic heterocycles. The number of hydrogen-bond donors (Lipinski definition) is 0. The van der Waals surface area contributed by atoms with Crippen LogP contribution in [0.15, 0.2) is 29.2 Å². The van der Waals surface area contributed by atoms with Crippen molar-refractivity contribution in [2.75, 3.05) is 46.9 Å². The molecule has 1 heterocycles. The molecule has 1 aliphatic heterocycles. The van der Waals surface area contributed by atoms with Gasteiger partial charge in [-0.25, -0.2) is 13.2 Å². The van der Waals surface area contributed by atoms with Gasteiger partial charge < -0.3 is 14.5 Å². The maximum absolute atomic E-state index is 12.7. The molecule has 0 atom stereocenters. The lowest BCUT2D eigenvalue weighted by Crippen LogP contribution is -2.49. The third-order valence-electron chi connectivity index (χ3n) is 4.24. The van der Waals surface area contributed by atoms with Crippen molar-refractivity contribution in [3.8, 4) is 0 Å². The first-order valence-corrected chi connectivity index (χ1v) is 9.80. The Morgan fingerprint density at radius 3 is 2.07 bits per heavy atom. The van der Waals surface area contributed by atoms with E-state index in [1.165, 1.54) is 40.4 Å². The van der Waals surface area contributed by atoms with Gasteiger partial charge >= 0.3 is 5.97 Å². The lowest BCUT2D eigenvalue weighted by Gasteiger charge is -2.33. The standard InChI is InChI=1S/C17H23N3O6S/c1-13(21)19-8-10-20(11-9-19)27(24,25)15-6-4-14(5-7-15)17(23)26-12-16(22)18(2)3/h4-7H,8-12H2,1-3H3. The number of esters is 1. The van der Waals surface area contributed by atoms with E-state index in [0.29, 0.717) is 13.1 Å². The Morgan fingerprint density at radius 1 is 1.04 bits per heavy atom. The molecule has 0 bridgehead atoms. The van der Waals surface area contributed by atoms with Crippen molar-refractivity contribution in [3.63, 3.8) is 0 Å². The first kappa shape index (κ1) is 20.8. The number of ether oxygens (including phenoxy) is 1. The third-order valence-corrected chi connectivity index (χ3v) is 6.15. The van der Waals surface area contributed by atoms with E-state index in [9.17, 15) is 22.8 Å². The van der Waals surface area contributed by atoms with Crippen LogP contribution >= 0.6 is 0 Å². The molecule has 0 radical (unpaired) electrons. The van der Waals surface area contributed by atoms with Crippen LogP contribution in [0.3, 0.4) is 0 Å². The molecular formula is C17H23N3O6S. The average molecular weight is 397 g/mol. The van der Waals surface area contributed by atoms with Gasteiger partial charge in [0.25, 0.3) is 5.91 Å². The lowest BCUT2D eigenvalue weighted by molar-refractivity contribution is -0.132. The van der Waals surface area contributed by atoms with Gasteiger partial charge in [0.1, 0.15) is 0 Å². The number of hydrogen-bond acceptors (Lipinski definition) is 6. The van der Waals surface area contributed by atoms with Gasteiger partial charge in [-0.1, -0.05) is 0 Å². The molecule has 1 fully saturated rings. The summed E-state index contributed by atoms with van der Waals surface area (Å²) < 4.78 is 31.6. The second kappa shape index (κ2) is 8.49. The van der Waals surface area contributed by atoms with Gasteiger partial charge in [-0.2, -0.15) is 4.31 Å². The van der Waals surface area contributed by atoms with Crippen molar-refractivity contribution >= 4 is 27.8 Å². The quantitative estimate of drug-likeness (QED) is 0.637. The molecule has 1 aromatic rings. The summed E-state index contributed by atoms with van der Waals surface area (Å²) in [5.74, 6) is -1.14. The van der Waals surface area contributed by atoms with Crippen LogP contribution in [0.4, 0.5) is 0 Å². The SMILES string of the molecule is CC(=O)N1CCN(S(=O)(=O)c2ccc(C(=O)OCC(=O)N(C)C)cc2)CC1. The first-order valence-electron chi connectivity index (χ1n) is 8.36. The highest BCUT2D eigenvalue weighted by molar-refractivity contribution is 7.89. The number of nitrogens with zero attached hydrogens (tertiary/aromatic N) is 3. The zero-order chi connectivity index (χ0) is 20.2. The summed E-state index contributed by atoms with van der Waals surface area (Å²) >= 11 is 0.